The number of rotatable bonds is 3. The van der Waals surface area contributed by atoms with Crippen LogP contribution in [0.15, 0.2) is 34.8 Å². The summed E-state index contributed by atoms with van der Waals surface area (Å²) in [6, 6.07) is 7.05. The number of carbonyl (C=O) groups excluding carboxylic acids is 1. The highest BCUT2D eigenvalue weighted by Crippen LogP contribution is 2.40. The average molecular weight is 368 g/mol. The molecule has 4 heterocycles. The van der Waals surface area contributed by atoms with Crippen LogP contribution >= 0.6 is 0 Å². The Morgan fingerprint density at radius 1 is 1.26 bits per heavy atom. The number of nitrogens with one attached hydrogen (secondary N) is 1. The van der Waals surface area contributed by atoms with Gasteiger partial charge in [-0.2, -0.15) is 4.98 Å². The van der Waals surface area contributed by atoms with Crippen molar-refractivity contribution in [2.24, 2.45) is 0 Å². The van der Waals surface area contributed by atoms with Gasteiger partial charge in [0.1, 0.15) is 5.52 Å². The van der Waals surface area contributed by atoms with Crippen molar-refractivity contribution in [3.63, 3.8) is 0 Å². The van der Waals surface area contributed by atoms with E-state index in [-0.39, 0.29) is 11.9 Å². The Morgan fingerprint density at radius 3 is 2.70 bits per heavy atom. The van der Waals surface area contributed by atoms with Gasteiger partial charge in [0, 0.05) is 31.2 Å². The van der Waals surface area contributed by atoms with Crippen molar-refractivity contribution in [2.45, 2.75) is 31.0 Å². The van der Waals surface area contributed by atoms with Crippen LogP contribution in [0, 0.1) is 0 Å². The molecule has 142 valence electrons. The number of fused-ring (bicyclic) bond motifs is 3. The summed E-state index contributed by atoms with van der Waals surface area (Å²) in [5.74, 6) is -0.0815. The van der Waals surface area contributed by atoms with Gasteiger partial charge in [-0.05, 0) is 37.6 Å². The SMILES string of the molecule is C=C1C2CC(NC(=O)c3cccc4oc(N5CCOCC5)nc34)CC1N2C. The summed E-state index contributed by atoms with van der Waals surface area (Å²) < 4.78 is 11.3. The van der Waals surface area contributed by atoms with Gasteiger partial charge in [0.05, 0.1) is 18.8 Å². The van der Waals surface area contributed by atoms with Crippen molar-refractivity contribution in [3.05, 3.63) is 35.9 Å². The summed E-state index contributed by atoms with van der Waals surface area (Å²) in [6.45, 7) is 6.98. The second-order valence-corrected chi connectivity index (χ2v) is 7.66. The molecule has 7 nitrogen and oxygen atoms in total. The summed E-state index contributed by atoms with van der Waals surface area (Å²) in [5, 5.41) is 3.20. The van der Waals surface area contributed by atoms with Gasteiger partial charge in [0.15, 0.2) is 5.58 Å². The molecule has 0 radical (unpaired) electrons. The minimum absolute atomic E-state index is 0.0815. The first-order valence-corrected chi connectivity index (χ1v) is 9.55. The van der Waals surface area contributed by atoms with E-state index in [1.807, 2.05) is 18.2 Å². The Morgan fingerprint density at radius 2 is 2.00 bits per heavy atom. The summed E-state index contributed by atoms with van der Waals surface area (Å²) in [5.41, 5.74) is 3.14. The molecule has 1 aliphatic carbocycles. The van der Waals surface area contributed by atoms with Crippen molar-refractivity contribution in [2.75, 3.05) is 38.3 Å². The monoisotopic (exact) mass is 368 g/mol. The molecule has 2 atom stereocenters. The van der Waals surface area contributed by atoms with E-state index in [2.05, 4.69) is 33.7 Å². The predicted octanol–water partition coefficient (Wildman–Crippen LogP) is 1.80. The van der Waals surface area contributed by atoms with Crippen molar-refractivity contribution in [1.82, 2.24) is 15.2 Å². The second-order valence-electron chi connectivity index (χ2n) is 7.66. The number of benzene rings is 1. The molecule has 7 heteroatoms. The number of carbonyl (C=O) groups is 1. The Labute approximate surface area is 158 Å². The minimum atomic E-state index is -0.0815. The maximum Gasteiger partial charge on any atom is 0.298 e. The van der Waals surface area contributed by atoms with Gasteiger partial charge in [0.2, 0.25) is 0 Å². The van der Waals surface area contributed by atoms with Gasteiger partial charge >= 0.3 is 0 Å². The number of aromatic nitrogens is 1. The van der Waals surface area contributed by atoms with Crippen LogP contribution in [0.4, 0.5) is 6.01 Å². The highest BCUT2D eigenvalue weighted by molar-refractivity contribution is 6.04. The topological polar surface area (TPSA) is 70.8 Å². The number of piperidine rings is 1. The van der Waals surface area contributed by atoms with E-state index in [9.17, 15) is 4.79 Å². The summed E-state index contributed by atoms with van der Waals surface area (Å²) in [4.78, 5) is 22.0. The van der Waals surface area contributed by atoms with Gasteiger partial charge in [-0.1, -0.05) is 12.6 Å². The van der Waals surface area contributed by atoms with Crippen LogP contribution < -0.4 is 10.2 Å². The fourth-order valence-electron chi connectivity index (χ4n) is 4.54. The first kappa shape index (κ1) is 16.8. The summed E-state index contributed by atoms with van der Waals surface area (Å²) in [6.07, 6.45) is 1.84. The number of hydrogen-bond acceptors (Lipinski definition) is 6. The molecule has 1 saturated carbocycles. The number of para-hydroxylation sites is 1. The van der Waals surface area contributed by atoms with Crippen LogP contribution in [0.5, 0.6) is 0 Å². The Kier molecular flexibility index (Phi) is 3.94. The maximum absolute atomic E-state index is 12.9. The zero-order valence-corrected chi connectivity index (χ0v) is 15.5. The predicted molar refractivity (Wildman–Crippen MR) is 102 cm³/mol. The number of likely N-dealkylation sites (N-methyl/N-ethyl adjacent to an activating group) is 1. The molecule has 0 spiro atoms. The molecule has 3 saturated heterocycles. The second kappa shape index (κ2) is 6.35. The molecule has 1 aromatic carbocycles. The van der Waals surface area contributed by atoms with Crippen LogP contribution in [0.25, 0.3) is 11.1 Å². The summed E-state index contributed by atoms with van der Waals surface area (Å²) >= 11 is 0. The third-order valence-electron chi connectivity index (χ3n) is 6.12. The largest absolute Gasteiger partial charge is 0.423 e. The van der Waals surface area contributed by atoms with E-state index in [4.69, 9.17) is 9.15 Å². The molecule has 4 aliphatic rings. The maximum atomic E-state index is 12.9. The van der Waals surface area contributed by atoms with E-state index in [0.717, 1.165) is 25.9 Å². The molecule has 1 amide bonds. The van der Waals surface area contributed by atoms with Gasteiger partial charge in [-0.15, -0.1) is 0 Å². The highest BCUT2D eigenvalue weighted by atomic mass is 16.5. The van der Waals surface area contributed by atoms with Crippen LogP contribution in [0.3, 0.4) is 0 Å². The Hall–Kier alpha value is -2.38. The molecule has 4 fully saturated rings. The smallest absolute Gasteiger partial charge is 0.298 e. The third kappa shape index (κ3) is 2.73. The normalized spacial score (nSPS) is 28.3. The lowest BCUT2D eigenvalue weighted by Crippen LogP contribution is -2.64. The van der Waals surface area contributed by atoms with Crippen molar-refractivity contribution in [1.29, 1.82) is 0 Å². The van der Waals surface area contributed by atoms with Crippen LogP contribution in [0.2, 0.25) is 0 Å². The number of nitrogens with zero attached hydrogens (tertiary/aromatic N) is 3. The zero-order chi connectivity index (χ0) is 18.5. The molecule has 2 unspecified atom stereocenters. The fourth-order valence-corrected chi connectivity index (χ4v) is 4.54. The van der Waals surface area contributed by atoms with E-state index in [1.54, 1.807) is 0 Å². The van der Waals surface area contributed by atoms with Crippen LogP contribution in [-0.4, -0.2) is 67.3 Å². The lowest BCUT2D eigenvalue weighted by Gasteiger charge is -2.55. The number of oxazole rings is 1. The standard InChI is InChI=1S/C20H24N4O3/c1-12-15-10-13(11-16(12)23(15)2)21-19(25)14-4-3-5-17-18(14)22-20(27-17)24-6-8-26-9-7-24/h3-5,13,15-16H,1,6-11H2,2H3,(H,21,25). The minimum Gasteiger partial charge on any atom is -0.423 e. The van der Waals surface area contributed by atoms with E-state index >= 15 is 0 Å². The van der Waals surface area contributed by atoms with E-state index < -0.39 is 0 Å². The Bertz CT molecular complexity index is 886. The number of hydrogen-bond donors (Lipinski definition) is 1. The highest BCUT2D eigenvalue weighted by Gasteiger charge is 2.46. The van der Waals surface area contributed by atoms with Crippen LogP contribution in [0.1, 0.15) is 23.2 Å². The molecule has 6 rings (SSSR count). The molecule has 2 aromatic rings. The van der Waals surface area contributed by atoms with Crippen molar-refractivity contribution < 1.29 is 13.9 Å². The average Bonchev–Trinajstić information content (AvgIpc) is 3.14. The van der Waals surface area contributed by atoms with Gasteiger partial charge in [-0.25, -0.2) is 0 Å². The number of amides is 1. The van der Waals surface area contributed by atoms with E-state index in [1.165, 1.54) is 5.57 Å². The van der Waals surface area contributed by atoms with Gasteiger partial charge in [-0.3, -0.25) is 9.69 Å². The molecular weight excluding hydrogens is 344 g/mol. The zero-order valence-electron chi connectivity index (χ0n) is 15.5. The quantitative estimate of drug-likeness (QED) is 0.833. The molecular formula is C20H24N4O3. The number of anilines is 1. The van der Waals surface area contributed by atoms with Crippen molar-refractivity contribution >= 4 is 23.0 Å². The lowest BCUT2D eigenvalue weighted by molar-refractivity contribution is 0.0481. The molecule has 2 bridgehead atoms. The fraction of sp³-hybridized carbons (Fsp3) is 0.500. The van der Waals surface area contributed by atoms with Gasteiger partial charge < -0.3 is 19.4 Å². The molecule has 1 aromatic heterocycles. The Balaban J connectivity index is 1.35. The van der Waals surface area contributed by atoms with Crippen molar-refractivity contribution in [3.8, 4) is 0 Å². The molecule has 3 aliphatic heterocycles. The first-order valence-electron chi connectivity index (χ1n) is 9.55. The molecule has 1 N–H and O–H groups in total. The number of morpholine rings is 1. The number of ether oxygens (including phenoxy) is 1. The third-order valence-corrected chi connectivity index (χ3v) is 6.12. The lowest BCUT2D eigenvalue weighted by atomic mass is 9.74. The van der Waals surface area contributed by atoms with Crippen LogP contribution in [-0.2, 0) is 4.74 Å². The van der Waals surface area contributed by atoms with Gasteiger partial charge in [0.25, 0.3) is 11.9 Å². The first-order chi connectivity index (χ1) is 13.1. The molecule has 27 heavy (non-hydrogen) atoms. The summed E-state index contributed by atoms with van der Waals surface area (Å²) in [7, 11) is 2.13. The van der Waals surface area contributed by atoms with E-state index in [0.29, 0.717) is 48.0 Å².